The summed E-state index contributed by atoms with van der Waals surface area (Å²) in [5, 5.41) is 6.18. The number of hydrogen-bond acceptors (Lipinski definition) is 5. The number of benzene rings is 1. The largest absolute Gasteiger partial charge is 0.465 e. The number of anilines is 1. The van der Waals surface area contributed by atoms with E-state index >= 15 is 0 Å². The van der Waals surface area contributed by atoms with Gasteiger partial charge in [0.15, 0.2) is 5.11 Å². The third-order valence-electron chi connectivity index (χ3n) is 5.85. The lowest BCUT2D eigenvalue weighted by atomic mass is 9.95. The molecule has 0 amide bonds. The van der Waals surface area contributed by atoms with Gasteiger partial charge in [-0.25, -0.2) is 4.79 Å². The second kappa shape index (κ2) is 10.0. The Bertz CT molecular complexity index is 987. The molecule has 1 aromatic heterocycles. The van der Waals surface area contributed by atoms with Crippen LogP contribution in [-0.2, 0) is 24.1 Å². The predicted molar refractivity (Wildman–Crippen MR) is 132 cm³/mol. The molecule has 0 bridgehead atoms. The summed E-state index contributed by atoms with van der Waals surface area (Å²) in [5.74, 6) is -0.283. The van der Waals surface area contributed by atoms with Crippen LogP contribution in [0.15, 0.2) is 18.2 Å². The van der Waals surface area contributed by atoms with Crippen LogP contribution in [0.2, 0.25) is 10.0 Å². The van der Waals surface area contributed by atoms with Crippen LogP contribution >= 0.6 is 46.8 Å². The second-order valence-corrected chi connectivity index (χ2v) is 10.2. The van der Waals surface area contributed by atoms with Crippen molar-refractivity contribution in [1.82, 2.24) is 9.80 Å². The first-order valence-corrected chi connectivity index (χ1v) is 12.4. The number of thiocarbonyl (C=S) groups is 1. The highest BCUT2D eigenvalue weighted by Gasteiger charge is 2.28. The number of halogens is 2. The minimum atomic E-state index is -0.283. The number of thiophene rings is 1. The summed E-state index contributed by atoms with van der Waals surface area (Å²) in [6.45, 7) is 4.18. The molecule has 5 nitrogen and oxygen atoms in total. The maximum atomic E-state index is 12.5. The molecular formula is C22H25Cl2N3O2S2. The van der Waals surface area contributed by atoms with E-state index in [0.29, 0.717) is 20.7 Å². The van der Waals surface area contributed by atoms with Crippen LogP contribution in [0, 0.1) is 0 Å². The zero-order chi connectivity index (χ0) is 22.0. The lowest BCUT2D eigenvalue weighted by Crippen LogP contribution is -2.49. The van der Waals surface area contributed by atoms with Crippen LogP contribution in [0.25, 0.3) is 0 Å². The number of rotatable bonds is 4. The number of carbonyl (C=O) groups is 1. The maximum Gasteiger partial charge on any atom is 0.341 e. The van der Waals surface area contributed by atoms with Crippen LogP contribution in [0.1, 0.15) is 39.2 Å². The van der Waals surface area contributed by atoms with Gasteiger partial charge in [0.05, 0.1) is 12.7 Å². The number of carbonyl (C=O) groups excluding carboxylic acids is 1. The lowest BCUT2D eigenvalue weighted by Gasteiger charge is -2.36. The van der Waals surface area contributed by atoms with E-state index in [0.717, 1.165) is 74.5 Å². The van der Waals surface area contributed by atoms with Crippen molar-refractivity contribution in [1.29, 1.82) is 0 Å². The smallest absolute Gasteiger partial charge is 0.341 e. The molecule has 0 saturated carbocycles. The molecule has 1 fully saturated rings. The van der Waals surface area contributed by atoms with Gasteiger partial charge in [-0.05, 0) is 61.2 Å². The van der Waals surface area contributed by atoms with E-state index in [1.165, 1.54) is 12.0 Å². The number of nitrogens with one attached hydrogen (secondary N) is 1. The van der Waals surface area contributed by atoms with E-state index in [9.17, 15) is 4.79 Å². The standard InChI is InChI=1S/C22H25Cl2N3O2S2/c1-29-21(28)19-16-4-2-3-5-18(16)31-20(19)25-22(30)27-10-8-26(9-11-27)13-14-6-7-15(23)12-17(14)24/h6-7,12H,2-5,8-11,13H2,1H3,(H,25,30). The van der Waals surface area contributed by atoms with Crippen LogP contribution in [-0.4, -0.2) is 54.2 Å². The molecule has 31 heavy (non-hydrogen) atoms. The number of esters is 1. The summed E-state index contributed by atoms with van der Waals surface area (Å²) >= 11 is 19.7. The van der Waals surface area contributed by atoms with Gasteiger partial charge in [-0.1, -0.05) is 29.3 Å². The van der Waals surface area contributed by atoms with Gasteiger partial charge < -0.3 is 15.0 Å². The van der Waals surface area contributed by atoms with Gasteiger partial charge in [-0.15, -0.1) is 11.3 Å². The van der Waals surface area contributed by atoms with E-state index in [1.807, 2.05) is 12.1 Å². The van der Waals surface area contributed by atoms with Crippen LogP contribution in [0.5, 0.6) is 0 Å². The molecule has 2 aromatic rings. The average Bonchev–Trinajstić information content (AvgIpc) is 3.13. The van der Waals surface area contributed by atoms with Gasteiger partial charge in [0.25, 0.3) is 0 Å². The van der Waals surface area contributed by atoms with Crippen molar-refractivity contribution in [3.8, 4) is 0 Å². The van der Waals surface area contributed by atoms with Gasteiger partial charge >= 0.3 is 5.97 Å². The highest BCUT2D eigenvalue weighted by atomic mass is 35.5. The zero-order valence-corrected chi connectivity index (χ0v) is 20.5. The third-order valence-corrected chi connectivity index (χ3v) is 8.00. The van der Waals surface area contributed by atoms with Crippen molar-refractivity contribution in [3.05, 3.63) is 49.8 Å². The fourth-order valence-corrected chi connectivity index (χ4v) is 6.24. The Morgan fingerprint density at radius 2 is 1.94 bits per heavy atom. The van der Waals surface area contributed by atoms with Crippen LogP contribution in [0.3, 0.4) is 0 Å². The summed E-state index contributed by atoms with van der Waals surface area (Å²) in [7, 11) is 1.43. The fraction of sp³-hybridized carbons (Fsp3) is 0.455. The van der Waals surface area contributed by atoms with Crippen molar-refractivity contribution in [3.63, 3.8) is 0 Å². The molecule has 1 aromatic carbocycles. The quantitative estimate of drug-likeness (QED) is 0.460. The number of hydrogen-bond donors (Lipinski definition) is 1. The Kier molecular flexibility index (Phi) is 7.39. The number of nitrogens with zero attached hydrogens (tertiary/aromatic N) is 2. The van der Waals surface area contributed by atoms with E-state index in [2.05, 4.69) is 15.1 Å². The Balaban J connectivity index is 1.38. The van der Waals surface area contributed by atoms with E-state index in [1.54, 1.807) is 17.4 Å². The van der Waals surface area contributed by atoms with Crippen molar-refractivity contribution in [2.75, 3.05) is 38.6 Å². The van der Waals surface area contributed by atoms with E-state index < -0.39 is 0 Å². The summed E-state index contributed by atoms with van der Waals surface area (Å²) in [5.41, 5.74) is 2.88. The topological polar surface area (TPSA) is 44.8 Å². The highest BCUT2D eigenvalue weighted by molar-refractivity contribution is 7.80. The molecule has 0 radical (unpaired) electrons. The second-order valence-electron chi connectivity index (χ2n) is 7.84. The van der Waals surface area contributed by atoms with Gasteiger partial charge in [0.2, 0.25) is 0 Å². The van der Waals surface area contributed by atoms with Crippen molar-refractivity contribution in [2.24, 2.45) is 0 Å². The Morgan fingerprint density at radius 1 is 1.19 bits per heavy atom. The molecule has 1 N–H and O–H groups in total. The first-order chi connectivity index (χ1) is 15.0. The molecule has 4 rings (SSSR count). The molecular weight excluding hydrogens is 473 g/mol. The first kappa shape index (κ1) is 22.8. The summed E-state index contributed by atoms with van der Waals surface area (Å²) in [6.07, 6.45) is 4.22. The molecule has 1 saturated heterocycles. The molecule has 166 valence electrons. The van der Waals surface area contributed by atoms with Gasteiger partial charge in [-0.3, -0.25) is 4.90 Å². The van der Waals surface area contributed by atoms with Crippen molar-refractivity contribution < 1.29 is 9.53 Å². The normalized spacial score (nSPS) is 16.7. The maximum absolute atomic E-state index is 12.5. The lowest BCUT2D eigenvalue weighted by molar-refractivity contribution is 0.0601. The number of methoxy groups -OCH3 is 1. The molecule has 0 unspecified atom stereocenters. The molecule has 1 aliphatic carbocycles. The van der Waals surface area contributed by atoms with Gasteiger partial charge in [0, 0.05) is 47.6 Å². The Morgan fingerprint density at radius 3 is 2.65 bits per heavy atom. The highest BCUT2D eigenvalue weighted by Crippen LogP contribution is 2.38. The molecule has 0 spiro atoms. The molecule has 2 heterocycles. The minimum Gasteiger partial charge on any atom is -0.465 e. The first-order valence-electron chi connectivity index (χ1n) is 10.4. The van der Waals surface area contributed by atoms with Crippen LogP contribution < -0.4 is 5.32 Å². The minimum absolute atomic E-state index is 0.283. The van der Waals surface area contributed by atoms with Gasteiger partial charge in [-0.2, -0.15) is 0 Å². The summed E-state index contributed by atoms with van der Waals surface area (Å²) in [4.78, 5) is 18.3. The molecule has 1 aliphatic heterocycles. The summed E-state index contributed by atoms with van der Waals surface area (Å²) in [6, 6.07) is 5.64. The number of piperazine rings is 1. The number of aryl methyl sites for hydroxylation is 1. The average molecular weight is 499 g/mol. The molecule has 2 aliphatic rings. The van der Waals surface area contributed by atoms with Crippen molar-refractivity contribution in [2.45, 2.75) is 32.2 Å². The van der Waals surface area contributed by atoms with Crippen LogP contribution in [0.4, 0.5) is 5.00 Å². The predicted octanol–water partition coefficient (Wildman–Crippen LogP) is 5.23. The number of ether oxygens (including phenoxy) is 1. The zero-order valence-electron chi connectivity index (χ0n) is 17.4. The van der Waals surface area contributed by atoms with E-state index in [-0.39, 0.29) is 5.97 Å². The third kappa shape index (κ3) is 5.17. The van der Waals surface area contributed by atoms with Gasteiger partial charge in [0.1, 0.15) is 5.00 Å². The Labute approximate surface area is 202 Å². The number of fused-ring (bicyclic) bond motifs is 1. The molecule has 0 atom stereocenters. The SMILES string of the molecule is COC(=O)c1c(NC(=S)N2CCN(Cc3ccc(Cl)cc3Cl)CC2)sc2c1CCCC2. The fourth-order valence-electron chi connectivity index (χ4n) is 4.15. The van der Waals surface area contributed by atoms with E-state index in [4.69, 9.17) is 40.2 Å². The Hall–Kier alpha value is -1.38. The van der Waals surface area contributed by atoms with Crippen molar-refractivity contribution >= 4 is 62.8 Å². The molecule has 9 heteroatoms. The summed E-state index contributed by atoms with van der Waals surface area (Å²) < 4.78 is 5.06. The monoisotopic (exact) mass is 497 g/mol.